The van der Waals surface area contributed by atoms with Crippen molar-refractivity contribution in [3.63, 3.8) is 0 Å². The summed E-state index contributed by atoms with van der Waals surface area (Å²) in [5.41, 5.74) is 0.979. The van der Waals surface area contributed by atoms with Crippen LogP contribution in [0.2, 0.25) is 5.02 Å². The molecule has 0 aliphatic carbocycles. The zero-order valence-corrected chi connectivity index (χ0v) is 17.0. The van der Waals surface area contributed by atoms with E-state index in [4.69, 9.17) is 16.3 Å². The molecule has 3 rings (SSSR count). The number of amides is 1. The van der Waals surface area contributed by atoms with Gasteiger partial charge in [-0.1, -0.05) is 23.7 Å². The smallest absolute Gasteiger partial charge is 0.260 e. The van der Waals surface area contributed by atoms with Crippen LogP contribution in [0.5, 0.6) is 5.75 Å². The first-order valence-electron chi connectivity index (χ1n) is 9.49. The van der Waals surface area contributed by atoms with Gasteiger partial charge in [0.15, 0.2) is 6.61 Å². The van der Waals surface area contributed by atoms with E-state index in [0.717, 1.165) is 5.56 Å². The summed E-state index contributed by atoms with van der Waals surface area (Å²) in [7, 11) is 0. The maximum absolute atomic E-state index is 13.2. The molecule has 0 bridgehead atoms. The van der Waals surface area contributed by atoms with E-state index in [-0.39, 0.29) is 30.4 Å². The van der Waals surface area contributed by atoms with Crippen LogP contribution in [-0.2, 0) is 11.3 Å². The largest absolute Gasteiger partial charge is 0.484 e. The first-order chi connectivity index (χ1) is 14.0. The van der Waals surface area contributed by atoms with Crippen LogP contribution in [0.3, 0.4) is 0 Å². The topological polar surface area (TPSA) is 56.6 Å². The summed E-state index contributed by atoms with van der Waals surface area (Å²) < 4.78 is 18.7. The Kier molecular flexibility index (Phi) is 7.08. The number of ether oxygens (including phenoxy) is 1. The van der Waals surface area contributed by atoms with Gasteiger partial charge >= 0.3 is 0 Å². The van der Waals surface area contributed by atoms with Gasteiger partial charge in [0.2, 0.25) is 0 Å². The van der Waals surface area contributed by atoms with Crippen LogP contribution in [0.1, 0.15) is 18.9 Å². The molecule has 1 aliphatic rings. The van der Waals surface area contributed by atoms with Crippen molar-refractivity contribution in [2.24, 2.45) is 0 Å². The van der Waals surface area contributed by atoms with Crippen LogP contribution >= 0.6 is 11.6 Å². The lowest BCUT2D eigenvalue weighted by molar-refractivity contribution is -0.139. The average Bonchev–Trinajstić information content (AvgIpc) is 2.71. The number of piperazine rings is 1. The number of nitriles is 1. The molecule has 2 atom stereocenters. The van der Waals surface area contributed by atoms with Gasteiger partial charge in [0.25, 0.3) is 5.91 Å². The second kappa shape index (κ2) is 9.73. The first-order valence-corrected chi connectivity index (χ1v) is 9.87. The normalized spacial score (nSPS) is 19.6. The number of rotatable bonds is 6. The standard InChI is InChI=1S/C22H23ClFN3O2/c1-16-12-26(13-17-2-6-19(24)7-3-17)20(10-11-25)14-27(16)22(28)15-29-21-8-4-18(23)5-9-21/h2-9,16,20H,10,12-15H2,1H3/t16-,20-/m0/s1. The molecular weight excluding hydrogens is 393 g/mol. The van der Waals surface area contributed by atoms with Crippen LogP contribution in [0.4, 0.5) is 4.39 Å². The van der Waals surface area contributed by atoms with Crippen molar-refractivity contribution < 1.29 is 13.9 Å². The fourth-order valence-corrected chi connectivity index (χ4v) is 3.66. The number of carbonyl (C=O) groups excluding carboxylic acids is 1. The van der Waals surface area contributed by atoms with Gasteiger partial charge in [-0.3, -0.25) is 9.69 Å². The van der Waals surface area contributed by atoms with Crippen molar-refractivity contribution in [3.8, 4) is 11.8 Å². The van der Waals surface area contributed by atoms with Crippen LogP contribution in [0.25, 0.3) is 0 Å². The minimum Gasteiger partial charge on any atom is -0.484 e. The lowest BCUT2D eigenvalue weighted by atomic mass is 10.0. The number of benzene rings is 2. The number of hydrogen-bond donors (Lipinski definition) is 0. The fraction of sp³-hybridized carbons (Fsp3) is 0.364. The van der Waals surface area contributed by atoms with Gasteiger partial charge in [0, 0.05) is 36.7 Å². The molecule has 0 saturated carbocycles. The number of carbonyl (C=O) groups is 1. The minimum absolute atomic E-state index is 0.0216. The van der Waals surface area contributed by atoms with E-state index in [9.17, 15) is 14.4 Å². The predicted molar refractivity (Wildman–Crippen MR) is 109 cm³/mol. The molecule has 0 unspecified atom stereocenters. The molecule has 29 heavy (non-hydrogen) atoms. The third-order valence-electron chi connectivity index (χ3n) is 5.08. The minimum atomic E-state index is -0.271. The molecule has 1 amide bonds. The zero-order valence-electron chi connectivity index (χ0n) is 16.2. The second-order valence-corrected chi connectivity index (χ2v) is 7.65. The molecule has 1 saturated heterocycles. The molecule has 0 N–H and O–H groups in total. The summed E-state index contributed by atoms with van der Waals surface area (Å²) in [6.07, 6.45) is 0.315. The lowest BCUT2D eigenvalue weighted by Crippen LogP contribution is -2.59. The Balaban J connectivity index is 1.62. The van der Waals surface area contributed by atoms with Gasteiger partial charge in [-0.15, -0.1) is 0 Å². The van der Waals surface area contributed by atoms with Crippen molar-refractivity contribution >= 4 is 17.5 Å². The van der Waals surface area contributed by atoms with E-state index in [1.54, 1.807) is 41.3 Å². The van der Waals surface area contributed by atoms with E-state index in [1.165, 1.54) is 12.1 Å². The highest BCUT2D eigenvalue weighted by molar-refractivity contribution is 6.30. The fourth-order valence-electron chi connectivity index (χ4n) is 3.53. The highest BCUT2D eigenvalue weighted by atomic mass is 35.5. The highest BCUT2D eigenvalue weighted by Crippen LogP contribution is 2.21. The van der Waals surface area contributed by atoms with Gasteiger partial charge in [0.1, 0.15) is 11.6 Å². The molecule has 0 spiro atoms. The SMILES string of the molecule is C[C@H]1CN(Cc2ccc(F)cc2)[C@@H](CC#N)CN1C(=O)COc1ccc(Cl)cc1. The average molecular weight is 416 g/mol. The van der Waals surface area contributed by atoms with Crippen LogP contribution in [-0.4, -0.2) is 47.5 Å². The van der Waals surface area contributed by atoms with Gasteiger partial charge in [-0.25, -0.2) is 4.39 Å². The van der Waals surface area contributed by atoms with Crippen molar-refractivity contribution in [2.75, 3.05) is 19.7 Å². The molecule has 0 radical (unpaired) electrons. The van der Waals surface area contributed by atoms with E-state index in [1.807, 2.05) is 6.92 Å². The summed E-state index contributed by atoms with van der Waals surface area (Å²) in [5, 5.41) is 9.84. The number of hydrogen-bond acceptors (Lipinski definition) is 4. The van der Waals surface area contributed by atoms with Crippen molar-refractivity contribution in [3.05, 3.63) is 64.9 Å². The third kappa shape index (κ3) is 5.69. The van der Waals surface area contributed by atoms with Gasteiger partial charge in [-0.2, -0.15) is 5.26 Å². The Morgan fingerprint density at radius 1 is 1.21 bits per heavy atom. The van der Waals surface area contributed by atoms with Crippen LogP contribution < -0.4 is 4.74 Å². The predicted octanol–water partition coefficient (Wildman–Crippen LogP) is 3.87. The summed E-state index contributed by atoms with van der Waals surface area (Å²) in [4.78, 5) is 16.7. The maximum Gasteiger partial charge on any atom is 0.260 e. The quantitative estimate of drug-likeness (QED) is 0.718. The molecule has 152 valence electrons. The third-order valence-corrected chi connectivity index (χ3v) is 5.33. The Hall–Kier alpha value is -2.62. The molecule has 7 heteroatoms. The number of nitrogens with zero attached hydrogens (tertiary/aromatic N) is 3. The Morgan fingerprint density at radius 2 is 1.90 bits per heavy atom. The summed E-state index contributed by atoms with van der Waals surface area (Å²) in [6, 6.07) is 15.3. The van der Waals surface area contributed by atoms with Crippen LogP contribution in [0.15, 0.2) is 48.5 Å². The Labute approximate surface area is 175 Å². The van der Waals surface area contributed by atoms with Gasteiger partial charge in [-0.05, 0) is 48.9 Å². The van der Waals surface area contributed by atoms with Crippen molar-refractivity contribution in [1.29, 1.82) is 5.26 Å². The Morgan fingerprint density at radius 3 is 2.55 bits per heavy atom. The summed E-state index contributed by atoms with van der Waals surface area (Å²) >= 11 is 5.86. The lowest BCUT2D eigenvalue weighted by Gasteiger charge is -2.44. The zero-order chi connectivity index (χ0) is 20.8. The van der Waals surface area contributed by atoms with E-state index >= 15 is 0 Å². The molecule has 1 fully saturated rings. The summed E-state index contributed by atoms with van der Waals surface area (Å²) in [6.45, 7) is 3.62. The number of halogens is 2. The summed E-state index contributed by atoms with van der Waals surface area (Å²) in [5.74, 6) is 0.197. The maximum atomic E-state index is 13.2. The van der Waals surface area contributed by atoms with Gasteiger partial charge < -0.3 is 9.64 Å². The highest BCUT2D eigenvalue weighted by Gasteiger charge is 2.34. The molecule has 1 aliphatic heterocycles. The van der Waals surface area contributed by atoms with E-state index < -0.39 is 0 Å². The Bertz CT molecular complexity index is 867. The van der Waals surface area contributed by atoms with Crippen molar-refractivity contribution in [2.45, 2.75) is 32.0 Å². The molecular formula is C22H23ClFN3O2. The van der Waals surface area contributed by atoms with E-state index in [2.05, 4.69) is 11.0 Å². The molecule has 1 heterocycles. The van der Waals surface area contributed by atoms with Crippen molar-refractivity contribution in [1.82, 2.24) is 9.80 Å². The second-order valence-electron chi connectivity index (χ2n) is 7.21. The molecule has 2 aromatic carbocycles. The monoisotopic (exact) mass is 415 g/mol. The van der Waals surface area contributed by atoms with Gasteiger partial charge in [0.05, 0.1) is 12.5 Å². The molecule has 2 aromatic rings. The van der Waals surface area contributed by atoms with E-state index in [0.29, 0.717) is 36.8 Å². The molecule has 0 aromatic heterocycles. The first kappa shape index (κ1) is 21.1. The van der Waals surface area contributed by atoms with Crippen LogP contribution in [0, 0.1) is 17.1 Å². The molecule has 5 nitrogen and oxygen atoms in total.